The lowest BCUT2D eigenvalue weighted by molar-refractivity contribution is -0.0985. The summed E-state index contributed by atoms with van der Waals surface area (Å²) in [5.74, 6) is -0.444. The van der Waals surface area contributed by atoms with Gasteiger partial charge in [-0.25, -0.2) is 9.59 Å². The molecule has 3 rings (SSSR count). The molecule has 142 valence electrons. The maximum atomic E-state index is 12.1. The Balaban J connectivity index is 1.82. The Hall–Kier alpha value is -2.28. The van der Waals surface area contributed by atoms with E-state index in [0.29, 0.717) is 11.3 Å². The second-order valence-corrected chi connectivity index (χ2v) is 8.05. The first-order valence-corrected chi connectivity index (χ1v) is 8.76. The summed E-state index contributed by atoms with van der Waals surface area (Å²) in [7, 11) is 1.34. The molecule has 2 saturated heterocycles. The van der Waals surface area contributed by atoms with Gasteiger partial charge in [-0.15, -0.1) is 0 Å². The molecule has 7 nitrogen and oxygen atoms in total. The number of anilines is 2. The number of esters is 1. The van der Waals surface area contributed by atoms with Crippen molar-refractivity contribution in [2.45, 2.75) is 32.8 Å². The minimum absolute atomic E-state index is 0.222. The molecule has 2 aliphatic heterocycles. The SMILES string of the molecule is COC(=O)c1cc(NC(=O)OC(C)(C)C)cc(N2CCC3(COC3)C2)c1. The van der Waals surface area contributed by atoms with E-state index in [9.17, 15) is 9.59 Å². The van der Waals surface area contributed by atoms with Gasteiger partial charge >= 0.3 is 12.1 Å². The van der Waals surface area contributed by atoms with Crippen LogP contribution in [0.25, 0.3) is 0 Å². The molecule has 0 aromatic heterocycles. The summed E-state index contributed by atoms with van der Waals surface area (Å²) in [5, 5.41) is 2.71. The van der Waals surface area contributed by atoms with Crippen LogP contribution in [-0.2, 0) is 14.2 Å². The van der Waals surface area contributed by atoms with E-state index < -0.39 is 17.7 Å². The smallest absolute Gasteiger partial charge is 0.412 e. The fourth-order valence-corrected chi connectivity index (χ4v) is 3.30. The Kier molecular flexibility index (Phi) is 4.84. The van der Waals surface area contributed by atoms with Crippen molar-refractivity contribution < 1.29 is 23.8 Å². The molecular weight excluding hydrogens is 336 g/mol. The molecule has 2 heterocycles. The minimum atomic E-state index is -0.599. The summed E-state index contributed by atoms with van der Waals surface area (Å²) in [6, 6.07) is 5.25. The van der Waals surface area contributed by atoms with Crippen LogP contribution in [0.1, 0.15) is 37.6 Å². The summed E-state index contributed by atoms with van der Waals surface area (Å²) < 4.78 is 15.5. The van der Waals surface area contributed by atoms with E-state index in [4.69, 9.17) is 14.2 Å². The van der Waals surface area contributed by atoms with Crippen LogP contribution in [0, 0.1) is 5.41 Å². The van der Waals surface area contributed by atoms with Crippen molar-refractivity contribution in [3.8, 4) is 0 Å². The van der Waals surface area contributed by atoms with Crippen LogP contribution in [0.4, 0.5) is 16.2 Å². The highest BCUT2D eigenvalue weighted by Crippen LogP contribution is 2.40. The topological polar surface area (TPSA) is 77.1 Å². The lowest BCUT2D eigenvalue weighted by Gasteiger charge is -2.37. The number of rotatable bonds is 3. The molecule has 1 aromatic carbocycles. The van der Waals surface area contributed by atoms with E-state index in [-0.39, 0.29) is 5.41 Å². The Morgan fingerprint density at radius 2 is 1.96 bits per heavy atom. The van der Waals surface area contributed by atoms with Gasteiger partial charge in [0.05, 0.1) is 25.9 Å². The van der Waals surface area contributed by atoms with E-state index in [1.165, 1.54) is 7.11 Å². The molecule has 0 atom stereocenters. The maximum absolute atomic E-state index is 12.1. The van der Waals surface area contributed by atoms with Crippen LogP contribution in [0.5, 0.6) is 0 Å². The highest BCUT2D eigenvalue weighted by molar-refractivity contribution is 5.94. The third-order valence-electron chi connectivity index (χ3n) is 4.60. The second-order valence-electron chi connectivity index (χ2n) is 8.05. The lowest BCUT2D eigenvalue weighted by atomic mass is 9.85. The van der Waals surface area contributed by atoms with Gasteiger partial charge < -0.3 is 19.1 Å². The first-order valence-electron chi connectivity index (χ1n) is 8.76. The third kappa shape index (κ3) is 4.09. The van der Waals surface area contributed by atoms with Gasteiger partial charge in [0.1, 0.15) is 5.60 Å². The second kappa shape index (κ2) is 6.79. The van der Waals surface area contributed by atoms with Crippen LogP contribution in [0.3, 0.4) is 0 Å². The highest BCUT2D eigenvalue weighted by atomic mass is 16.6. The average Bonchev–Trinajstić information content (AvgIpc) is 2.97. The van der Waals surface area contributed by atoms with Crippen LogP contribution in [-0.4, -0.2) is 51.1 Å². The monoisotopic (exact) mass is 362 g/mol. The molecule has 0 unspecified atom stereocenters. The number of benzene rings is 1. The molecule has 1 N–H and O–H groups in total. The zero-order chi connectivity index (χ0) is 18.9. The maximum Gasteiger partial charge on any atom is 0.412 e. The van der Waals surface area contributed by atoms with Gasteiger partial charge in [-0.3, -0.25) is 5.32 Å². The lowest BCUT2D eigenvalue weighted by Crippen LogP contribution is -2.44. The van der Waals surface area contributed by atoms with Crippen molar-refractivity contribution in [3.05, 3.63) is 23.8 Å². The van der Waals surface area contributed by atoms with Crippen LogP contribution < -0.4 is 10.2 Å². The van der Waals surface area contributed by atoms with E-state index in [1.54, 1.807) is 32.9 Å². The first-order chi connectivity index (χ1) is 12.2. The molecule has 0 bridgehead atoms. The highest BCUT2D eigenvalue weighted by Gasteiger charge is 2.44. The van der Waals surface area contributed by atoms with Crippen LogP contribution in [0.2, 0.25) is 0 Å². The average molecular weight is 362 g/mol. The predicted octanol–water partition coefficient (Wildman–Crippen LogP) is 3.05. The largest absolute Gasteiger partial charge is 0.465 e. The van der Waals surface area contributed by atoms with Crippen LogP contribution >= 0.6 is 0 Å². The van der Waals surface area contributed by atoms with Crippen molar-refractivity contribution in [3.63, 3.8) is 0 Å². The minimum Gasteiger partial charge on any atom is -0.465 e. The van der Waals surface area contributed by atoms with Crippen LogP contribution in [0.15, 0.2) is 18.2 Å². The molecule has 2 aliphatic rings. The zero-order valence-electron chi connectivity index (χ0n) is 15.8. The van der Waals surface area contributed by atoms with Crippen molar-refractivity contribution in [1.29, 1.82) is 0 Å². The summed E-state index contributed by atoms with van der Waals surface area (Å²) >= 11 is 0. The van der Waals surface area contributed by atoms with Gasteiger partial charge in [0.25, 0.3) is 0 Å². The number of hydrogen-bond donors (Lipinski definition) is 1. The van der Waals surface area contributed by atoms with E-state index in [0.717, 1.165) is 38.4 Å². The van der Waals surface area contributed by atoms with Gasteiger partial charge in [0, 0.05) is 29.9 Å². The molecule has 1 aromatic rings. The van der Waals surface area contributed by atoms with E-state index in [1.807, 2.05) is 6.07 Å². The molecule has 0 saturated carbocycles. The number of amides is 1. The fourth-order valence-electron chi connectivity index (χ4n) is 3.30. The van der Waals surface area contributed by atoms with E-state index >= 15 is 0 Å². The zero-order valence-corrected chi connectivity index (χ0v) is 15.8. The van der Waals surface area contributed by atoms with Crippen molar-refractivity contribution >= 4 is 23.4 Å². The molecule has 2 fully saturated rings. The fraction of sp³-hybridized carbons (Fsp3) is 0.579. The summed E-state index contributed by atoms with van der Waals surface area (Å²) in [5.41, 5.74) is 1.39. The quantitative estimate of drug-likeness (QED) is 0.833. The molecular formula is C19H26N2O5. The number of carbonyl (C=O) groups excluding carboxylic acids is 2. The molecule has 26 heavy (non-hydrogen) atoms. The number of ether oxygens (including phenoxy) is 3. The first kappa shape index (κ1) is 18.5. The number of hydrogen-bond acceptors (Lipinski definition) is 6. The normalized spacial score (nSPS) is 18.4. The van der Waals surface area contributed by atoms with Gasteiger partial charge in [0.15, 0.2) is 0 Å². The summed E-state index contributed by atoms with van der Waals surface area (Å²) in [6.45, 7) is 8.73. The van der Waals surface area contributed by atoms with Crippen molar-refractivity contribution in [2.75, 3.05) is 43.6 Å². The molecule has 0 radical (unpaired) electrons. The molecule has 7 heteroatoms. The predicted molar refractivity (Wildman–Crippen MR) is 97.7 cm³/mol. The third-order valence-corrected chi connectivity index (χ3v) is 4.60. The number of nitrogens with zero attached hydrogens (tertiary/aromatic N) is 1. The van der Waals surface area contributed by atoms with Crippen molar-refractivity contribution in [2.24, 2.45) is 5.41 Å². The Labute approximate surface area is 153 Å². The van der Waals surface area contributed by atoms with Gasteiger partial charge in [-0.2, -0.15) is 0 Å². The molecule has 1 amide bonds. The van der Waals surface area contributed by atoms with Gasteiger partial charge in [-0.05, 0) is 45.4 Å². The Bertz CT molecular complexity index is 706. The van der Waals surface area contributed by atoms with Gasteiger partial charge in [0.2, 0.25) is 0 Å². The van der Waals surface area contributed by atoms with Gasteiger partial charge in [-0.1, -0.05) is 0 Å². The Morgan fingerprint density at radius 1 is 1.23 bits per heavy atom. The number of carbonyl (C=O) groups is 2. The van der Waals surface area contributed by atoms with Crippen molar-refractivity contribution in [1.82, 2.24) is 0 Å². The number of nitrogens with one attached hydrogen (secondary N) is 1. The summed E-state index contributed by atoms with van der Waals surface area (Å²) in [4.78, 5) is 26.3. The number of methoxy groups -OCH3 is 1. The van der Waals surface area contributed by atoms with E-state index in [2.05, 4.69) is 10.2 Å². The summed E-state index contributed by atoms with van der Waals surface area (Å²) in [6.07, 6.45) is 0.500. The molecule has 1 spiro atoms. The molecule has 0 aliphatic carbocycles. The Morgan fingerprint density at radius 3 is 2.50 bits per heavy atom. The standard InChI is InChI=1S/C19H26N2O5/c1-18(2,3)26-17(23)20-14-7-13(16(22)24-4)8-15(9-14)21-6-5-19(10-21)11-25-12-19/h7-9H,5-6,10-12H2,1-4H3,(H,20,23).